The number of nitrogens with one attached hydrogen (secondary N) is 1. The van der Waals surface area contributed by atoms with Crippen LogP contribution in [0.3, 0.4) is 0 Å². The van der Waals surface area contributed by atoms with Crippen LogP contribution in [0.2, 0.25) is 0 Å². The Hall–Kier alpha value is -1.33. The molecule has 2 heteroatoms. The van der Waals surface area contributed by atoms with Crippen LogP contribution in [-0.4, -0.2) is 6.04 Å². The number of benzene rings is 1. The first kappa shape index (κ1) is 11.7. The molecule has 2 atom stereocenters. The van der Waals surface area contributed by atoms with E-state index in [-0.39, 0.29) is 17.9 Å². The second-order valence-corrected chi connectivity index (χ2v) is 3.72. The van der Waals surface area contributed by atoms with Gasteiger partial charge in [0.05, 0.1) is 0 Å². The van der Waals surface area contributed by atoms with E-state index in [9.17, 15) is 4.39 Å². The Morgan fingerprint density at radius 2 is 2.07 bits per heavy atom. The van der Waals surface area contributed by atoms with E-state index in [0.29, 0.717) is 12.0 Å². The van der Waals surface area contributed by atoms with Crippen molar-refractivity contribution in [2.24, 2.45) is 0 Å². The van der Waals surface area contributed by atoms with Gasteiger partial charge in [-0.05, 0) is 19.9 Å². The predicted octanol–water partition coefficient (Wildman–Crippen LogP) is 2.89. The molecule has 1 rings (SSSR count). The highest BCUT2D eigenvalue weighted by Crippen LogP contribution is 2.16. The largest absolute Gasteiger partial charge is 0.307 e. The molecule has 15 heavy (non-hydrogen) atoms. The second-order valence-electron chi connectivity index (χ2n) is 3.72. The zero-order valence-electron chi connectivity index (χ0n) is 9.13. The maximum absolute atomic E-state index is 13.4. The van der Waals surface area contributed by atoms with Crippen molar-refractivity contribution >= 4 is 0 Å². The summed E-state index contributed by atoms with van der Waals surface area (Å²) in [4.78, 5) is 0. The topological polar surface area (TPSA) is 12.0 Å². The fraction of sp³-hybridized carbons (Fsp3) is 0.385. The van der Waals surface area contributed by atoms with Gasteiger partial charge in [0.1, 0.15) is 5.82 Å². The summed E-state index contributed by atoms with van der Waals surface area (Å²) in [7, 11) is 0. The molecule has 0 amide bonds. The molecule has 1 aromatic carbocycles. The molecule has 2 unspecified atom stereocenters. The van der Waals surface area contributed by atoms with Crippen molar-refractivity contribution in [3.05, 3.63) is 35.6 Å². The second kappa shape index (κ2) is 5.53. The third kappa shape index (κ3) is 3.38. The number of terminal acetylenes is 1. The normalized spacial score (nSPS) is 14.3. The Kier molecular flexibility index (Phi) is 4.33. The zero-order valence-corrected chi connectivity index (χ0v) is 9.13. The van der Waals surface area contributed by atoms with Crippen molar-refractivity contribution in [1.29, 1.82) is 0 Å². The van der Waals surface area contributed by atoms with E-state index in [1.807, 2.05) is 19.9 Å². The van der Waals surface area contributed by atoms with Gasteiger partial charge in [-0.2, -0.15) is 0 Å². The highest BCUT2D eigenvalue weighted by Gasteiger charge is 2.11. The zero-order chi connectivity index (χ0) is 11.3. The molecule has 80 valence electrons. The number of halogens is 1. The minimum atomic E-state index is -0.176. The molecular weight excluding hydrogens is 189 g/mol. The summed E-state index contributed by atoms with van der Waals surface area (Å²) in [5.74, 6) is 2.41. The van der Waals surface area contributed by atoms with Crippen LogP contribution in [0, 0.1) is 18.2 Å². The first-order chi connectivity index (χ1) is 7.15. The lowest BCUT2D eigenvalue weighted by Crippen LogP contribution is -2.29. The van der Waals surface area contributed by atoms with E-state index < -0.39 is 0 Å². The Balaban J connectivity index is 2.66. The van der Waals surface area contributed by atoms with Gasteiger partial charge in [-0.15, -0.1) is 12.3 Å². The van der Waals surface area contributed by atoms with Crippen LogP contribution in [0.1, 0.15) is 31.9 Å². The highest BCUT2D eigenvalue weighted by molar-refractivity contribution is 5.20. The molecular formula is C13H16FN. The van der Waals surface area contributed by atoms with Crippen molar-refractivity contribution in [1.82, 2.24) is 5.32 Å². The number of rotatable bonds is 4. The third-order valence-electron chi connectivity index (χ3n) is 2.33. The smallest absolute Gasteiger partial charge is 0.127 e. The van der Waals surface area contributed by atoms with Crippen molar-refractivity contribution in [2.45, 2.75) is 32.4 Å². The van der Waals surface area contributed by atoms with E-state index in [4.69, 9.17) is 6.42 Å². The van der Waals surface area contributed by atoms with Gasteiger partial charge in [0.25, 0.3) is 0 Å². The van der Waals surface area contributed by atoms with Crippen molar-refractivity contribution in [3.63, 3.8) is 0 Å². The first-order valence-electron chi connectivity index (χ1n) is 5.09. The summed E-state index contributed by atoms with van der Waals surface area (Å²) in [6.45, 7) is 3.93. The van der Waals surface area contributed by atoms with E-state index in [1.54, 1.807) is 12.1 Å². The Morgan fingerprint density at radius 3 is 2.67 bits per heavy atom. The number of hydrogen-bond donors (Lipinski definition) is 1. The highest BCUT2D eigenvalue weighted by atomic mass is 19.1. The molecule has 0 fully saturated rings. The summed E-state index contributed by atoms with van der Waals surface area (Å²) < 4.78 is 13.4. The van der Waals surface area contributed by atoms with Crippen LogP contribution in [0.5, 0.6) is 0 Å². The summed E-state index contributed by atoms with van der Waals surface area (Å²) in [6.07, 6.45) is 5.86. The third-order valence-corrected chi connectivity index (χ3v) is 2.33. The molecule has 0 aliphatic rings. The Morgan fingerprint density at radius 1 is 1.40 bits per heavy atom. The molecule has 0 heterocycles. The molecule has 0 saturated heterocycles. The van der Waals surface area contributed by atoms with Crippen LogP contribution in [0.4, 0.5) is 4.39 Å². The standard InChI is InChI=1S/C13H16FN/c1-4-7-10(2)15-11(3)12-8-5-6-9-13(12)14/h1,5-6,8-11,15H,7H2,2-3H3. The average molecular weight is 205 g/mol. The first-order valence-corrected chi connectivity index (χ1v) is 5.09. The molecule has 0 spiro atoms. The molecule has 1 aromatic rings. The molecule has 0 aliphatic heterocycles. The van der Waals surface area contributed by atoms with E-state index in [0.717, 1.165) is 0 Å². The SMILES string of the molecule is C#CCC(C)NC(C)c1ccccc1F. The Labute approximate surface area is 90.7 Å². The predicted molar refractivity (Wildman–Crippen MR) is 60.9 cm³/mol. The molecule has 0 aromatic heterocycles. The summed E-state index contributed by atoms with van der Waals surface area (Å²) in [5.41, 5.74) is 0.682. The van der Waals surface area contributed by atoms with E-state index in [2.05, 4.69) is 11.2 Å². The van der Waals surface area contributed by atoms with Crippen LogP contribution in [-0.2, 0) is 0 Å². The fourth-order valence-corrected chi connectivity index (χ4v) is 1.58. The van der Waals surface area contributed by atoms with Gasteiger partial charge >= 0.3 is 0 Å². The van der Waals surface area contributed by atoms with Crippen molar-refractivity contribution in [3.8, 4) is 12.3 Å². The quantitative estimate of drug-likeness (QED) is 0.745. The maximum Gasteiger partial charge on any atom is 0.127 e. The van der Waals surface area contributed by atoms with Crippen LogP contribution >= 0.6 is 0 Å². The van der Waals surface area contributed by atoms with Crippen LogP contribution in [0.15, 0.2) is 24.3 Å². The van der Waals surface area contributed by atoms with Gasteiger partial charge in [-0.3, -0.25) is 0 Å². The fourth-order valence-electron chi connectivity index (χ4n) is 1.58. The van der Waals surface area contributed by atoms with Gasteiger partial charge in [-0.1, -0.05) is 18.2 Å². The minimum Gasteiger partial charge on any atom is -0.307 e. The molecule has 1 nitrogen and oxygen atoms in total. The minimum absolute atomic E-state index is 0.0189. The monoisotopic (exact) mass is 205 g/mol. The van der Waals surface area contributed by atoms with Crippen molar-refractivity contribution < 1.29 is 4.39 Å². The molecule has 0 saturated carbocycles. The van der Waals surface area contributed by atoms with Gasteiger partial charge in [-0.25, -0.2) is 4.39 Å². The molecule has 0 aliphatic carbocycles. The molecule has 0 radical (unpaired) electrons. The van der Waals surface area contributed by atoms with Crippen LogP contribution in [0.25, 0.3) is 0 Å². The molecule has 0 bridgehead atoms. The van der Waals surface area contributed by atoms with Gasteiger partial charge < -0.3 is 5.32 Å². The number of hydrogen-bond acceptors (Lipinski definition) is 1. The summed E-state index contributed by atoms with van der Waals surface area (Å²) in [6, 6.07) is 6.97. The maximum atomic E-state index is 13.4. The average Bonchev–Trinajstić information content (AvgIpc) is 2.18. The Bertz CT molecular complexity index is 354. The van der Waals surface area contributed by atoms with Gasteiger partial charge in [0, 0.05) is 24.1 Å². The van der Waals surface area contributed by atoms with Gasteiger partial charge in [0.15, 0.2) is 0 Å². The van der Waals surface area contributed by atoms with E-state index >= 15 is 0 Å². The lowest BCUT2D eigenvalue weighted by atomic mass is 10.1. The lowest BCUT2D eigenvalue weighted by molar-refractivity contribution is 0.468. The summed E-state index contributed by atoms with van der Waals surface area (Å²) >= 11 is 0. The van der Waals surface area contributed by atoms with Crippen molar-refractivity contribution in [2.75, 3.05) is 0 Å². The van der Waals surface area contributed by atoms with Gasteiger partial charge in [0.2, 0.25) is 0 Å². The van der Waals surface area contributed by atoms with Crippen LogP contribution < -0.4 is 5.32 Å². The molecule has 1 N–H and O–H groups in total. The summed E-state index contributed by atoms with van der Waals surface area (Å²) in [5, 5.41) is 3.26. The lowest BCUT2D eigenvalue weighted by Gasteiger charge is -2.19. The van der Waals surface area contributed by atoms with E-state index in [1.165, 1.54) is 6.07 Å².